The van der Waals surface area contributed by atoms with Crippen LogP contribution >= 0.6 is 0 Å². The van der Waals surface area contributed by atoms with Gasteiger partial charge in [0.2, 0.25) is 5.91 Å². The van der Waals surface area contributed by atoms with E-state index in [9.17, 15) is 9.59 Å². The number of likely N-dealkylation sites (N-methyl/N-ethyl adjacent to an activating group) is 1. The van der Waals surface area contributed by atoms with Crippen LogP contribution in [0.4, 0.5) is 10.5 Å². The van der Waals surface area contributed by atoms with Gasteiger partial charge in [-0.25, -0.2) is 4.79 Å². The van der Waals surface area contributed by atoms with E-state index >= 15 is 0 Å². The average molecular weight is 298 g/mol. The molecule has 0 radical (unpaired) electrons. The summed E-state index contributed by atoms with van der Waals surface area (Å²) in [6, 6.07) is 9.10. The molecule has 0 aliphatic carbocycles. The van der Waals surface area contributed by atoms with Gasteiger partial charge in [-0.05, 0) is 19.1 Å². The first-order chi connectivity index (χ1) is 10.5. The van der Waals surface area contributed by atoms with Crippen molar-refractivity contribution in [1.29, 1.82) is 0 Å². The van der Waals surface area contributed by atoms with Gasteiger partial charge in [-0.15, -0.1) is 0 Å². The van der Waals surface area contributed by atoms with Crippen LogP contribution < -0.4 is 10.6 Å². The highest BCUT2D eigenvalue weighted by atomic mass is 16.2. The Morgan fingerprint density at radius 3 is 2.86 bits per heavy atom. The van der Waals surface area contributed by atoms with Crippen LogP contribution in [0.5, 0.6) is 0 Å². The summed E-state index contributed by atoms with van der Waals surface area (Å²) in [4.78, 5) is 29.7. The summed E-state index contributed by atoms with van der Waals surface area (Å²) >= 11 is 0. The van der Waals surface area contributed by atoms with Crippen molar-refractivity contribution >= 4 is 28.5 Å². The standard InChI is InChI=1S/C16H18N4O2/c1-10-6-7-11-4-3-5-13(15(11)17-10)19-16(22)18-12-8-14(21)20(2)9-12/h3-7,12H,8-9H2,1-2H3,(H2,18,19,22)/t12-/m1/s1. The maximum Gasteiger partial charge on any atom is 0.319 e. The Balaban J connectivity index is 1.74. The van der Waals surface area contributed by atoms with Crippen molar-refractivity contribution < 1.29 is 9.59 Å². The number of para-hydroxylation sites is 1. The van der Waals surface area contributed by atoms with E-state index < -0.39 is 0 Å². The number of amides is 3. The van der Waals surface area contributed by atoms with Crippen molar-refractivity contribution in [2.75, 3.05) is 18.9 Å². The van der Waals surface area contributed by atoms with Crippen LogP contribution in [-0.4, -0.2) is 41.5 Å². The first kappa shape index (κ1) is 14.3. The molecule has 1 aromatic carbocycles. The number of likely N-dealkylation sites (tertiary alicyclic amines) is 1. The Hall–Kier alpha value is -2.63. The molecule has 3 rings (SSSR count). The van der Waals surface area contributed by atoms with Gasteiger partial charge in [0.1, 0.15) is 0 Å². The smallest absolute Gasteiger partial charge is 0.319 e. The molecule has 1 aromatic heterocycles. The first-order valence-electron chi connectivity index (χ1n) is 7.21. The molecule has 3 amide bonds. The lowest BCUT2D eigenvalue weighted by Gasteiger charge is -2.14. The highest BCUT2D eigenvalue weighted by molar-refractivity contribution is 5.99. The van der Waals surface area contributed by atoms with Crippen LogP contribution in [0.15, 0.2) is 30.3 Å². The quantitative estimate of drug-likeness (QED) is 0.889. The average Bonchev–Trinajstić information content (AvgIpc) is 2.77. The number of aryl methyl sites for hydroxylation is 1. The van der Waals surface area contributed by atoms with Gasteiger partial charge in [0.25, 0.3) is 0 Å². The molecule has 0 spiro atoms. The largest absolute Gasteiger partial charge is 0.344 e. The number of pyridine rings is 1. The third kappa shape index (κ3) is 2.86. The molecule has 1 atom stereocenters. The molecule has 2 aromatic rings. The second-order valence-electron chi connectivity index (χ2n) is 5.60. The molecule has 1 saturated heterocycles. The van der Waals surface area contributed by atoms with Gasteiger partial charge in [0.15, 0.2) is 0 Å². The Bertz CT molecular complexity index is 744. The van der Waals surface area contributed by atoms with Crippen molar-refractivity contribution in [3.05, 3.63) is 36.0 Å². The SMILES string of the molecule is Cc1ccc2cccc(NC(=O)N[C@@H]3CC(=O)N(C)C3)c2n1. The summed E-state index contributed by atoms with van der Waals surface area (Å²) in [5.41, 5.74) is 2.32. The third-order valence-corrected chi connectivity index (χ3v) is 3.78. The number of nitrogens with one attached hydrogen (secondary N) is 2. The summed E-state index contributed by atoms with van der Waals surface area (Å²) < 4.78 is 0. The predicted molar refractivity (Wildman–Crippen MR) is 84.7 cm³/mol. The topological polar surface area (TPSA) is 74.3 Å². The summed E-state index contributed by atoms with van der Waals surface area (Å²) in [6.07, 6.45) is 0.344. The van der Waals surface area contributed by atoms with Gasteiger partial charge in [0, 0.05) is 31.1 Å². The number of nitrogens with zero attached hydrogens (tertiary/aromatic N) is 2. The number of aromatic nitrogens is 1. The van der Waals surface area contributed by atoms with Crippen LogP contribution in [0, 0.1) is 6.92 Å². The van der Waals surface area contributed by atoms with Crippen molar-refractivity contribution in [3.8, 4) is 0 Å². The molecule has 1 aliphatic rings. The summed E-state index contributed by atoms with van der Waals surface area (Å²) in [6.45, 7) is 2.45. The van der Waals surface area contributed by atoms with E-state index in [4.69, 9.17) is 0 Å². The Morgan fingerprint density at radius 1 is 1.32 bits per heavy atom. The van der Waals surface area contributed by atoms with Gasteiger partial charge in [-0.1, -0.05) is 18.2 Å². The summed E-state index contributed by atoms with van der Waals surface area (Å²) in [5.74, 6) is 0.0488. The van der Waals surface area contributed by atoms with Crippen LogP contribution in [0.3, 0.4) is 0 Å². The van der Waals surface area contributed by atoms with Gasteiger partial charge < -0.3 is 15.5 Å². The van der Waals surface area contributed by atoms with E-state index in [-0.39, 0.29) is 18.0 Å². The van der Waals surface area contributed by atoms with E-state index in [1.807, 2.05) is 37.3 Å². The molecule has 2 heterocycles. The first-order valence-corrected chi connectivity index (χ1v) is 7.21. The van der Waals surface area contributed by atoms with Gasteiger partial charge in [0.05, 0.1) is 17.2 Å². The molecule has 0 bridgehead atoms. The summed E-state index contributed by atoms with van der Waals surface area (Å²) in [7, 11) is 1.74. The highest BCUT2D eigenvalue weighted by Crippen LogP contribution is 2.21. The van der Waals surface area contributed by atoms with E-state index in [0.717, 1.165) is 16.6 Å². The Labute approximate surface area is 128 Å². The number of carbonyl (C=O) groups is 2. The summed E-state index contributed by atoms with van der Waals surface area (Å²) in [5, 5.41) is 6.62. The van der Waals surface area contributed by atoms with E-state index in [1.165, 1.54) is 0 Å². The van der Waals surface area contributed by atoms with Gasteiger partial charge >= 0.3 is 6.03 Å². The number of rotatable bonds is 2. The lowest BCUT2D eigenvalue weighted by molar-refractivity contribution is -0.126. The Morgan fingerprint density at radius 2 is 2.14 bits per heavy atom. The number of carbonyl (C=O) groups excluding carboxylic acids is 2. The van der Waals surface area contributed by atoms with Crippen LogP contribution in [0.25, 0.3) is 10.9 Å². The van der Waals surface area contributed by atoms with Crippen LogP contribution in [-0.2, 0) is 4.79 Å². The molecular weight excluding hydrogens is 280 g/mol. The lowest BCUT2D eigenvalue weighted by Crippen LogP contribution is -2.39. The fraction of sp³-hybridized carbons (Fsp3) is 0.312. The van der Waals surface area contributed by atoms with E-state index in [0.29, 0.717) is 18.7 Å². The number of benzene rings is 1. The minimum Gasteiger partial charge on any atom is -0.344 e. The minimum atomic E-state index is -0.316. The normalized spacial score (nSPS) is 17.8. The second kappa shape index (κ2) is 5.63. The number of hydrogen-bond donors (Lipinski definition) is 2. The maximum atomic E-state index is 12.1. The Kier molecular flexibility index (Phi) is 3.66. The molecule has 0 unspecified atom stereocenters. The highest BCUT2D eigenvalue weighted by Gasteiger charge is 2.27. The molecule has 6 heteroatoms. The lowest BCUT2D eigenvalue weighted by atomic mass is 10.2. The molecule has 1 fully saturated rings. The zero-order valence-electron chi connectivity index (χ0n) is 12.6. The van der Waals surface area contributed by atoms with Crippen molar-refractivity contribution in [2.24, 2.45) is 0 Å². The van der Waals surface area contributed by atoms with Crippen molar-refractivity contribution in [3.63, 3.8) is 0 Å². The number of urea groups is 1. The molecule has 6 nitrogen and oxygen atoms in total. The third-order valence-electron chi connectivity index (χ3n) is 3.78. The number of hydrogen-bond acceptors (Lipinski definition) is 3. The molecular formula is C16H18N4O2. The molecule has 2 N–H and O–H groups in total. The van der Waals surface area contributed by atoms with E-state index in [2.05, 4.69) is 15.6 Å². The number of fused-ring (bicyclic) bond motifs is 1. The maximum absolute atomic E-state index is 12.1. The van der Waals surface area contributed by atoms with E-state index in [1.54, 1.807) is 11.9 Å². The van der Waals surface area contributed by atoms with Crippen LogP contribution in [0.1, 0.15) is 12.1 Å². The number of anilines is 1. The zero-order valence-corrected chi connectivity index (χ0v) is 12.6. The monoisotopic (exact) mass is 298 g/mol. The van der Waals surface area contributed by atoms with Gasteiger partial charge in [-0.2, -0.15) is 0 Å². The van der Waals surface area contributed by atoms with Crippen molar-refractivity contribution in [2.45, 2.75) is 19.4 Å². The molecule has 0 saturated carbocycles. The molecule has 22 heavy (non-hydrogen) atoms. The van der Waals surface area contributed by atoms with Gasteiger partial charge in [-0.3, -0.25) is 9.78 Å². The second-order valence-corrected chi connectivity index (χ2v) is 5.60. The fourth-order valence-corrected chi connectivity index (χ4v) is 2.65. The molecule has 1 aliphatic heterocycles. The zero-order chi connectivity index (χ0) is 15.7. The minimum absolute atomic E-state index is 0.0488. The molecule has 114 valence electrons. The van der Waals surface area contributed by atoms with Crippen LogP contribution in [0.2, 0.25) is 0 Å². The van der Waals surface area contributed by atoms with Crippen molar-refractivity contribution in [1.82, 2.24) is 15.2 Å². The predicted octanol–water partition coefficient (Wildman–Crippen LogP) is 1.90. The fourth-order valence-electron chi connectivity index (χ4n) is 2.65.